The van der Waals surface area contributed by atoms with Gasteiger partial charge in [0.1, 0.15) is 0 Å². The minimum absolute atomic E-state index is 0.213. The number of rotatable bonds is 4. The van der Waals surface area contributed by atoms with E-state index < -0.39 is 0 Å². The van der Waals surface area contributed by atoms with Crippen molar-refractivity contribution in [3.05, 3.63) is 81.4 Å². The highest BCUT2D eigenvalue weighted by Crippen LogP contribution is 2.24. The number of pyridine rings is 1. The Hall–Kier alpha value is -3.42. The van der Waals surface area contributed by atoms with E-state index in [4.69, 9.17) is 11.6 Å². The number of fused-ring (bicyclic) bond motifs is 1. The fourth-order valence-electron chi connectivity index (χ4n) is 3.07. The normalized spacial score (nSPS) is 11.0. The van der Waals surface area contributed by atoms with Gasteiger partial charge in [-0.3, -0.25) is 14.3 Å². The second-order valence-corrected chi connectivity index (χ2v) is 6.99. The molecule has 0 bridgehead atoms. The first kappa shape index (κ1) is 18.9. The highest BCUT2D eigenvalue weighted by Gasteiger charge is 2.11. The summed E-state index contributed by atoms with van der Waals surface area (Å²) in [6.07, 6.45) is 1.65. The number of carbonyl (C=O) groups excluding carboxylic acids is 1. The van der Waals surface area contributed by atoms with Gasteiger partial charge >= 0.3 is 5.69 Å². The average Bonchev–Trinajstić information content (AvgIpc) is 3.02. The van der Waals surface area contributed by atoms with Crippen molar-refractivity contribution in [1.29, 1.82) is 0 Å². The predicted molar refractivity (Wildman–Crippen MR) is 112 cm³/mol. The van der Waals surface area contributed by atoms with Crippen LogP contribution in [0, 0.1) is 0 Å². The van der Waals surface area contributed by atoms with Gasteiger partial charge in [-0.05, 0) is 47.5 Å². The van der Waals surface area contributed by atoms with Crippen LogP contribution in [-0.4, -0.2) is 25.5 Å². The zero-order valence-electron chi connectivity index (χ0n) is 15.4. The largest absolute Gasteiger partial charge is 0.392 e. The molecule has 0 fully saturated rings. The summed E-state index contributed by atoms with van der Waals surface area (Å²) < 4.78 is 1.49. The number of hydrogen-bond donors (Lipinski definition) is 3. The Morgan fingerprint density at radius 3 is 2.83 bits per heavy atom. The smallest absolute Gasteiger partial charge is 0.327 e. The summed E-state index contributed by atoms with van der Waals surface area (Å²) in [5.41, 5.74) is 4.09. The van der Waals surface area contributed by atoms with Crippen LogP contribution in [0.3, 0.4) is 0 Å². The van der Waals surface area contributed by atoms with E-state index in [-0.39, 0.29) is 18.2 Å². The monoisotopic (exact) mass is 408 g/mol. The summed E-state index contributed by atoms with van der Waals surface area (Å²) in [7, 11) is 1.67. The Morgan fingerprint density at radius 1 is 1.21 bits per heavy atom. The van der Waals surface area contributed by atoms with E-state index >= 15 is 0 Å². The van der Waals surface area contributed by atoms with Crippen LogP contribution >= 0.6 is 11.6 Å². The van der Waals surface area contributed by atoms with E-state index in [0.29, 0.717) is 33.0 Å². The number of aliphatic hydroxyl groups excluding tert-OH is 1. The Labute approximate surface area is 170 Å². The van der Waals surface area contributed by atoms with Crippen molar-refractivity contribution < 1.29 is 9.90 Å². The predicted octanol–water partition coefficient (Wildman–Crippen LogP) is 3.33. The van der Waals surface area contributed by atoms with Crippen molar-refractivity contribution in [2.24, 2.45) is 7.05 Å². The number of amides is 1. The van der Waals surface area contributed by atoms with Crippen molar-refractivity contribution in [3.63, 3.8) is 0 Å². The van der Waals surface area contributed by atoms with Crippen LogP contribution in [0.25, 0.3) is 22.3 Å². The molecule has 0 spiro atoms. The van der Waals surface area contributed by atoms with Gasteiger partial charge in [0.05, 0.1) is 12.1 Å². The lowest BCUT2D eigenvalue weighted by atomic mass is 10.0. The minimum atomic E-state index is -0.291. The molecule has 4 rings (SSSR count). The van der Waals surface area contributed by atoms with Crippen molar-refractivity contribution in [2.45, 2.75) is 6.61 Å². The maximum atomic E-state index is 12.7. The zero-order valence-corrected chi connectivity index (χ0v) is 16.2. The van der Waals surface area contributed by atoms with Gasteiger partial charge in [-0.2, -0.15) is 0 Å². The van der Waals surface area contributed by atoms with Crippen molar-refractivity contribution >= 4 is 34.4 Å². The first-order chi connectivity index (χ1) is 14.0. The number of hydrogen-bond acceptors (Lipinski definition) is 4. The van der Waals surface area contributed by atoms with Crippen molar-refractivity contribution in [2.75, 3.05) is 5.32 Å². The number of nitrogens with zero attached hydrogens (tertiary/aromatic N) is 2. The second kappa shape index (κ2) is 7.54. The standard InChI is InChI=1S/C21H17ClN4O3/c1-26-18-9-14(10-23-19(18)25-21(26)29)12-3-2-4-13(7-12)20(28)24-16-5-6-17(22)15(8-16)11-27/h2-10,27H,11H2,1H3,(H,24,28)(H,23,25,29). The van der Waals surface area contributed by atoms with Gasteiger partial charge < -0.3 is 10.4 Å². The lowest BCUT2D eigenvalue weighted by Crippen LogP contribution is -2.12. The number of aliphatic hydroxyl groups is 1. The highest BCUT2D eigenvalue weighted by molar-refractivity contribution is 6.31. The van der Waals surface area contributed by atoms with Crippen LogP contribution in [0.15, 0.2) is 59.5 Å². The summed E-state index contributed by atoms with van der Waals surface area (Å²) in [5, 5.41) is 12.6. The van der Waals surface area contributed by atoms with Gasteiger partial charge in [0.25, 0.3) is 5.91 Å². The van der Waals surface area contributed by atoms with Crippen molar-refractivity contribution in [3.8, 4) is 11.1 Å². The third-order valence-corrected chi connectivity index (χ3v) is 5.06. The van der Waals surface area contributed by atoms with Crippen LogP contribution in [0.1, 0.15) is 15.9 Å². The summed E-state index contributed by atoms with van der Waals surface area (Å²) in [4.78, 5) is 31.4. The topological polar surface area (TPSA) is 100 Å². The summed E-state index contributed by atoms with van der Waals surface area (Å²) in [6.45, 7) is -0.213. The molecule has 4 aromatic rings. The quantitative estimate of drug-likeness (QED) is 0.482. The third kappa shape index (κ3) is 3.65. The van der Waals surface area contributed by atoms with E-state index in [1.807, 2.05) is 12.1 Å². The number of halogens is 1. The molecule has 2 aromatic carbocycles. The Balaban J connectivity index is 1.64. The number of imidazole rings is 1. The molecule has 2 aromatic heterocycles. The number of benzene rings is 2. The molecule has 29 heavy (non-hydrogen) atoms. The number of aromatic amines is 1. The zero-order chi connectivity index (χ0) is 20.5. The molecule has 2 heterocycles. The molecule has 0 saturated heterocycles. The molecule has 0 atom stereocenters. The molecule has 7 nitrogen and oxygen atoms in total. The Bertz CT molecular complexity index is 1290. The molecular weight excluding hydrogens is 392 g/mol. The second-order valence-electron chi connectivity index (χ2n) is 6.58. The van der Waals surface area contributed by atoms with Crippen LogP contribution in [0.4, 0.5) is 5.69 Å². The molecule has 1 amide bonds. The molecule has 3 N–H and O–H groups in total. The van der Waals surface area contributed by atoms with E-state index in [1.165, 1.54) is 4.57 Å². The third-order valence-electron chi connectivity index (χ3n) is 4.69. The van der Waals surface area contributed by atoms with Crippen LogP contribution in [0.5, 0.6) is 0 Å². The number of carbonyl (C=O) groups is 1. The van der Waals surface area contributed by atoms with Crippen molar-refractivity contribution in [1.82, 2.24) is 14.5 Å². The average molecular weight is 409 g/mol. The maximum absolute atomic E-state index is 12.7. The molecule has 0 aliphatic heterocycles. The first-order valence-electron chi connectivity index (χ1n) is 8.82. The number of anilines is 1. The van der Waals surface area contributed by atoms with Gasteiger partial charge in [0.15, 0.2) is 5.65 Å². The molecule has 0 radical (unpaired) electrons. The SMILES string of the molecule is Cn1c(=O)[nH]c2ncc(-c3cccc(C(=O)Nc4ccc(Cl)c(CO)c4)c3)cc21. The number of H-pyrrole nitrogens is 1. The molecule has 8 heteroatoms. The van der Waals surface area contributed by atoms with E-state index in [1.54, 1.807) is 49.6 Å². The number of aromatic nitrogens is 3. The Kier molecular flexibility index (Phi) is 4.92. The summed E-state index contributed by atoms with van der Waals surface area (Å²) in [6, 6.07) is 13.9. The van der Waals surface area contributed by atoms with E-state index in [0.717, 1.165) is 11.1 Å². The highest BCUT2D eigenvalue weighted by atomic mass is 35.5. The van der Waals surface area contributed by atoms with Gasteiger partial charge in [-0.15, -0.1) is 0 Å². The van der Waals surface area contributed by atoms with Gasteiger partial charge in [0, 0.05) is 35.1 Å². The molecule has 146 valence electrons. The fraction of sp³-hybridized carbons (Fsp3) is 0.0952. The molecule has 0 aliphatic rings. The van der Waals surface area contributed by atoms with Crippen LogP contribution in [0.2, 0.25) is 5.02 Å². The molecular formula is C21H17ClN4O3. The fourth-order valence-corrected chi connectivity index (χ4v) is 3.25. The van der Waals surface area contributed by atoms with E-state index in [9.17, 15) is 14.7 Å². The molecule has 0 saturated carbocycles. The number of aryl methyl sites for hydroxylation is 1. The maximum Gasteiger partial charge on any atom is 0.327 e. The van der Waals surface area contributed by atoms with Crippen LogP contribution in [-0.2, 0) is 13.7 Å². The first-order valence-corrected chi connectivity index (χ1v) is 9.20. The molecule has 0 aliphatic carbocycles. The summed E-state index contributed by atoms with van der Waals surface area (Å²) >= 11 is 5.99. The number of nitrogens with one attached hydrogen (secondary N) is 2. The van der Waals surface area contributed by atoms with Gasteiger partial charge in [-0.25, -0.2) is 9.78 Å². The lowest BCUT2D eigenvalue weighted by Gasteiger charge is -2.09. The summed E-state index contributed by atoms with van der Waals surface area (Å²) in [5.74, 6) is -0.291. The minimum Gasteiger partial charge on any atom is -0.392 e. The molecule has 0 unspecified atom stereocenters. The van der Waals surface area contributed by atoms with E-state index in [2.05, 4.69) is 15.3 Å². The van der Waals surface area contributed by atoms with Gasteiger partial charge in [0.2, 0.25) is 0 Å². The Morgan fingerprint density at radius 2 is 2.03 bits per heavy atom. The van der Waals surface area contributed by atoms with Gasteiger partial charge in [-0.1, -0.05) is 23.7 Å². The lowest BCUT2D eigenvalue weighted by molar-refractivity contribution is 0.102. The van der Waals surface area contributed by atoms with Crippen LogP contribution < -0.4 is 11.0 Å².